The van der Waals surface area contributed by atoms with Gasteiger partial charge < -0.3 is 15.1 Å². The third kappa shape index (κ3) is 6.55. The molecular formula is C22H29BrN4O2S. The lowest BCUT2D eigenvalue weighted by atomic mass is 10.2. The Morgan fingerprint density at radius 3 is 2.60 bits per heavy atom. The van der Waals surface area contributed by atoms with Crippen molar-refractivity contribution in [1.29, 1.82) is 0 Å². The van der Waals surface area contributed by atoms with Crippen LogP contribution in [0.2, 0.25) is 0 Å². The standard InChI is InChI=1S/C22H29BrN4O2S/c1-17-5-3-6-18(15-17)27-13-11-26(12-14-27)10-4-9-24-21(28)16-25(2)22(29)19-7-8-20(23)30-19/h3,5-8,15H,4,9-14,16H2,1-2H3,(H,24,28). The first-order chi connectivity index (χ1) is 14.4. The number of piperazine rings is 1. The van der Waals surface area contributed by atoms with E-state index < -0.39 is 0 Å². The molecule has 0 unspecified atom stereocenters. The van der Waals surface area contributed by atoms with Crippen molar-refractivity contribution in [3.05, 3.63) is 50.6 Å². The lowest BCUT2D eigenvalue weighted by Gasteiger charge is -2.36. The predicted octanol–water partition coefficient (Wildman–Crippen LogP) is 3.22. The molecule has 1 aromatic heterocycles. The van der Waals surface area contributed by atoms with Crippen molar-refractivity contribution in [1.82, 2.24) is 15.1 Å². The maximum absolute atomic E-state index is 12.3. The van der Waals surface area contributed by atoms with Crippen LogP contribution in [0.1, 0.15) is 21.7 Å². The van der Waals surface area contributed by atoms with Gasteiger partial charge in [-0.25, -0.2) is 0 Å². The molecule has 1 saturated heterocycles. The number of thiophene rings is 1. The molecule has 162 valence electrons. The molecular weight excluding hydrogens is 464 g/mol. The van der Waals surface area contributed by atoms with E-state index in [9.17, 15) is 9.59 Å². The summed E-state index contributed by atoms with van der Waals surface area (Å²) in [5.41, 5.74) is 2.59. The number of hydrogen-bond donors (Lipinski definition) is 1. The van der Waals surface area contributed by atoms with Gasteiger partial charge in [0.1, 0.15) is 0 Å². The largest absolute Gasteiger partial charge is 0.369 e. The minimum absolute atomic E-state index is 0.0729. The summed E-state index contributed by atoms with van der Waals surface area (Å²) in [7, 11) is 1.66. The first-order valence-corrected chi connectivity index (χ1v) is 11.8. The van der Waals surface area contributed by atoms with E-state index in [0.29, 0.717) is 11.4 Å². The van der Waals surface area contributed by atoms with Crippen LogP contribution in [-0.4, -0.2) is 74.5 Å². The third-order valence-electron chi connectivity index (χ3n) is 5.22. The minimum Gasteiger partial charge on any atom is -0.369 e. The van der Waals surface area contributed by atoms with E-state index in [-0.39, 0.29) is 18.4 Å². The average molecular weight is 493 g/mol. The molecule has 0 radical (unpaired) electrons. The SMILES string of the molecule is Cc1cccc(N2CCN(CCCNC(=O)CN(C)C(=O)c3ccc(Br)s3)CC2)c1. The van der Waals surface area contributed by atoms with Gasteiger partial charge in [-0.05, 0) is 65.6 Å². The monoisotopic (exact) mass is 492 g/mol. The maximum Gasteiger partial charge on any atom is 0.264 e. The van der Waals surface area contributed by atoms with Crippen molar-refractivity contribution in [3.8, 4) is 0 Å². The summed E-state index contributed by atoms with van der Waals surface area (Å²) < 4.78 is 0.906. The Hall–Kier alpha value is -1.90. The topological polar surface area (TPSA) is 55.9 Å². The fraction of sp³-hybridized carbons (Fsp3) is 0.455. The van der Waals surface area contributed by atoms with E-state index in [1.54, 1.807) is 13.1 Å². The molecule has 0 aliphatic carbocycles. The average Bonchev–Trinajstić information content (AvgIpc) is 3.17. The van der Waals surface area contributed by atoms with E-state index >= 15 is 0 Å². The molecule has 6 nitrogen and oxygen atoms in total. The van der Waals surface area contributed by atoms with Gasteiger partial charge in [-0.1, -0.05) is 12.1 Å². The molecule has 2 aromatic rings. The van der Waals surface area contributed by atoms with Crippen LogP contribution in [-0.2, 0) is 4.79 Å². The van der Waals surface area contributed by atoms with Crippen molar-refractivity contribution in [2.75, 3.05) is 57.8 Å². The Bertz CT molecular complexity index is 864. The number of anilines is 1. The number of nitrogens with one attached hydrogen (secondary N) is 1. The summed E-state index contributed by atoms with van der Waals surface area (Å²) in [6.07, 6.45) is 0.908. The van der Waals surface area contributed by atoms with Crippen LogP contribution in [0.15, 0.2) is 40.2 Å². The van der Waals surface area contributed by atoms with Crippen molar-refractivity contribution < 1.29 is 9.59 Å². The van der Waals surface area contributed by atoms with Crippen molar-refractivity contribution in [2.24, 2.45) is 0 Å². The highest BCUT2D eigenvalue weighted by atomic mass is 79.9. The summed E-state index contributed by atoms with van der Waals surface area (Å²) in [5, 5.41) is 2.93. The zero-order chi connectivity index (χ0) is 21.5. The summed E-state index contributed by atoms with van der Waals surface area (Å²) >= 11 is 4.73. The molecule has 2 heterocycles. The molecule has 0 saturated carbocycles. The fourth-order valence-corrected chi connectivity index (χ4v) is 4.93. The highest BCUT2D eigenvalue weighted by Gasteiger charge is 2.18. The van der Waals surface area contributed by atoms with E-state index in [2.05, 4.69) is 62.2 Å². The Morgan fingerprint density at radius 1 is 1.17 bits per heavy atom. The summed E-state index contributed by atoms with van der Waals surface area (Å²) in [4.78, 5) is 31.4. The smallest absolute Gasteiger partial charge is 0.264 e. The Morgan fingerprint density at radius 2 is 1.93 bits per heavy atom. The number of halogens is 1. The molecule has 0 spiro atoms. The van der Waals surface area contributed by atoms with Crippen LogP contribution in [0.4, 0.5) is 5.69 Å². The van der Waals surface area contributed by atoms with E-state index in [1.165, 1.54) is 27.5 Å². The first kappa shape index (κ1) is 22.8. The fourth-order valence-electron chi connectivity index (χ4n) is 3.55. The quantitative estimate of drug-likeness (QED) is 0.574. The van der Waals surface area contributed by atoms with Crippen molar-refractivity contribution in [3.63, 3.8) is 0 Å². The van der Waals surface area contributed by atoms with Gasteiger partial charge in [0.2, 0.25) is 5.91 Å². The number of nitrogens with zero attached hydrogens (tertiary/aromatic N) is 3. The van der Waals surface area contributed by atoms with Crippen LogP contribution in [0.25, 0.3) is 0 Å². The summed E-state index contributed by atoms with van der Waals surface area (Å²) in [6.45, 7) is 7.93. The number of benzene rings is 1. The number of aryl methyl sites for hydroxylation is 1. The molecule has 1 aromatic carbocycles. The zero-order valence-electron chi connectivity index (χ0n) is 17.6. The number of hydrogen-bond acceptors (Lipinski definition) is 5. The molecule has 30 heavy (non-hydrogen) atoms. The molecule has 0 bridgehead atoms. The zero-order valence-corrected chi connectivity index (χ0v) is 20.0. The van der Waals surface area contributed by atoms with Crippen LogP contribution < -0.4 is 10.2 Å². The highest BCUT2D eigenvalue weighted by Crippen LogP contribution is 2.23. The van der Waals surface area contributed by atoms with E-state index in [1.807, 2.05) is 6.07 Å². The Kier molecular flexibility index (Phi) is 8.30. The summed E-state index contributed by atoms with van der Waals surface area (Å²) in [5.74, 6) is -0.252. The first-order valence-electron chi connectivity index (χ1n) is 10.2. The van der Waals surface area contributed by atoms with Crippen LogP contribution in [0, 0.1) is 6.92 Å². The van der Waals surface area contributed by atoms with Crippen molar-refractivity contribution >= 4 is 44.8 Å². The van der Waals surface area contributed by atoms with Gasteiger partial charge in [0.25, 0.3) is 5.91 Å². The van der Waals surface area contributed by atoms with Gasteiger partial charge in [0.15, 0.2) is 0 Å². The van der Waals surface area contributed by atoms with Crippen LogP contribution >= 0.6 is 27.3 Å². The maximum atomic E-state index is 12.3. The van der Waals surface area contributed by atoms with Crippen LogP contribution in [0.5, 0.6) is 0 Å². The Labute approximate surface area is 191 Å². The normalized spacial score (nSPS) is 14.6. The molecule has 1 aliphatic rings. The second-order valence-corrected chi connectivity index (χ2v) is 10.1. The number of carbonyl (C=O) groups excluding carboxylic acids is 2. The lowest BCUT2D eigenvalue weighted by molar-refractivity contribution is -0.121. The van der Waals surface area contributed by atoms with Crippen LogP contribution in [0.3, 0.4) is 0 Å². The van der Waals surface area contributed by atoms with E-state index in [0.717, 1.165) is 42.9 Å². The van der Waals surface area contributed by atoms with Gasteiger partial charge in [0.05, 0.1) is 15.2 Å². The van der Waals surface area contributed by atoms with Gasteiger partial charge in [-0.3, -0.25) is 14.5 Å². The molecule has 1 fully saturated rings. The van der Waals surface area contributed by atoms with Gasteiger partial charge >= 0.3 is 0 Å². The predicted molar refractivity (Wildman–Crippen MR) is 126 cm³/mol. The van der Waals surface area contributed by atoms with E-state index in [4.69, 9.17) is 0 Å². The van der Waals surface area contributed by atoms with Gasteiger partial charge in [-0.15, -0.1) is 11.3 Å². The highest BCUT2D eigenvalue weighted by molar-refractivity contribution is 9.11. The molecule has 1 aliphatic heterocycles. The Balaban J connectivity index is 1.30. The lowest BCUT2D eigenvalue weighted by Crippen LogP contribution is -2.47. The van der Waals surface area contributed by atoms with Gasteiger partial charge in [0, 0.05) is 45.5 Å². The van der Waals surface area contributed by atoms with Crippen molar-refractivity contribution in [2.45, 2.75) is 13.3 Å². The summed E-state index contributed by atoms with van der Waals surface area (Å²) in [6, 6.07) is 12.3. The third-order valence-corrected chi connectivity index (χ3v) is 6.84. The number of amides is 2. The minimum atomic E-state index is -0.132. The molecule has 0 atom stereocenters. The number of carbonyl (C=O) groups is 2. The number of rotatable bonds is 8. The second-order valence-electron chi connectivity index (χ2n) is 7.64. The molecule has 8 heteroatoms. The number of likely N-dealkylation sites (N-methyl/N-ethyl adjacent to an activating group) is 1. The van der Waals surface area contributed by atoms with Gasteiger partial charge in [-0.2, -0.15) is 0 Å². The molecule has 2 amide bonds. The molecule has 1 N–H and O–H groups in total. The second kappa shape index (κ2) is 10.9. The molecule has 3 rings (SSSR count).